The van der Waals surface area contributed by atoms with Crippen molar-refractivity contribution in [2.45, 2.75) is 26.3 Å². The highest BCUT2D eigenvalue weighted by atomic mass is 35.5. The van der Waals surface area contributed by atoms with E-state index in [0.717, 1.165) is 34.8 Å². The van der Waals surface area contributed by atoms with Crippen molar-refractivity contribution < 1.29 is 0 Å². The summed E-state index contributed by atoms with van der Waals surface area (Å²) in [5.41, 5.74) is 2.84. The van der Waals surface area contributed by atoms with Crippen LogP contribution in [0, 0.1) is 6.92 Å². The first-order valence-corrected chi connectivity index (χ1v) is 7.96. The maximum atomic E-state index is 6.30. The number of nitrogens with one attached hydrogen (secondary N) is 1. The van der Waals surface area contributed by atoms with E-state index in [0.29, 0.717) is 10.0 Å². The van der Waals surface area contributed by atoms with Gasteiger partial charge >= 0.3 is 0 Å². The molecule has 0 bridgehead atoms. The first-order valence-electron chi connectivity index (χ1n) is 6.83. The highest BCUT2D eigenvalue weighted by Gasteiger charge is 2.19. The number of benzene rings is 1. The van der Waals surface area contributed by atoms with Crippen LogP contribution in [0.4, 0.5) is 0 Å². The van der Waals surface area contributed by atoms with Gasteiger partial charge in [-0.25, -0.2) is 0 Å². The van der Waals surface area contributed by atoms with Crippen molar-refractivity contribution in [3.63, 3.8) is 0 Å². The first-order chi connectivity index (χ1) is 10.0. The monoisotopic (exact) mass is 342 g/mol. The third-order valence-electron chi connectivity index (χ3n) is 3.24. The summed E-state index contributed by atoms with van der Waals surface area (Å²) in [4.78, 5) is 4.39. The normalized spacial score (nSPS) is 12.4. The molecule has 1 unspecified atom stereocenters. The SMILES string of the molecule is CCCNC(c1ccc(C)c(Cl)c1)c1ncc(Cl)cc1Cl. The lowest BCUT2D eigenvalue weighted by atomic mass is 10.0. The third kappa shape index (κ3) is 4.10. The van der Waals surface area contributed by atoms with Gasteiger partial charge in [0.05, 0.1) is 21.8 Å². The second-order valence-corrected chi connectivity index (χ2v) is 6.17. The molecule has 1 heterocycles. The Labute approximate surface area is 140 Å². The summed E-state index contributed by atoms with van der Waals surface area (Å²) < 4.78 is 0. The molecular formula is C16H17Cl3N2. The summed E-state index contributed by atoms with van der Waals surface area (Å²) in [5, 5.41) is 5.27. The molecule has 0 fully saturated rings. The molecule has 1 aromatic heterocycles. The Hall–Kier alpha value is -0.800. The summed E-state index contributed by atoms with van der Waals surface area (Å²) in [6.07, 6.45) is 2.63. The zero-order chi connectivity index (χ0) is 15.4. The molecule has 2 aromatic rings. The smallest absolute Gasteiger partial charge is 0.0805 e. The molecule has 0 saturated heterocycles. The number of aromatic nitrogens is 1. The van der Waals surface area contributed by atoms with Crippen molar-refractivity contribution in [3.8, 4) is 0 Å². The van der Waals surface area contributed by atoms with Crippen molar-refractivity contribution in [2.75, 3.05) is 6.54 Å². The van der Waals surface area contributed by atoms with E-state index >= 15 is 0 Å². The zero-order valence-corrected chi connectivity index (χ0v) is 14.2. The number of hydrogen-bond acceptors (Lipinski definition) is 2. The number of halogens is 3. The summed E-state index contributed by atoms with van der Waals surface area (Å²) in [5.74, 6) is 0. The van der Waals surface area contributed by atoms with Crippen LogP contribution in [0.15, 0.2) is 30.5 Å². The average molecular weight is 344 g/mol. The Balaban J connectivity index is 2.44. The van der Waals surface area contributed by atoms with Gasteiger partial charge in [0.15, 0.2) is 0 Å². The van der Waals surface area contributed by atoms with E-state index in [-0.39, 0.29) is 6.04 Å². The van der Waals surface area contributed by atoms with E-state index in [4.69, 9.17) is 34.8 Å². The highest BCUT2D eigenvalue weighted by molar-refractivity contribution is 6.34. The van der Waals surface area contributed by atoms with Crippen LogP contribution in [0.5, 0.6) is 0 Å². The second kappa shape index (κ2) is 7.46. The summed E-state index contributed by atoms with van der Waals surface area (Å²) in [6, 6.07) is 7.61. The van der Waals surface area contributed by atoms with Gasteiger partial charge in [-0.15, -0.1) is 0 Å². The van der Waals surface area contributed by atoms with Crippen molar-refractivity contribution in [1.29, 1.82) is 0 Å². The first kappa shape index (κ1) is 16.6. The van der Waals surface area contributed by atoms with E-state index in [1.54, 1.807) is 12.3 Å². The third-order valence-corrected chi connectivity index (χ3v) is 4.15. The predicted molar refractivity (Wildman–Crippen MR) is 90.6 cm³/mol. The van der Waals surface area contributed by atoms with Crippen LogP contribution in [-0.2, 0) is 0 Å². The standard InChI is InChI=1S/C16H17Cl3N2/c1-3-6-20-15(11-5-4-10(2)13(18)7-11)16-14(19)8-12(17)9-21-16/h4-5,7-9,15,20H,3,6H2,1-2H3. The van der Waals surface area contributed by atoms with Gasteiger partial charge in [-0.1, -0.05) is 53.9 Å². The lowest BCUT2D eigenvalue weighted by Crippen LogP contribution is -2.24. The van der Waals surface area contributed by atoms with E-state index in [9.17, 15) is 0 Å². The van der Waals surface area contributed by atoms with Gasteiger partial charge in [0, 0.05) is 11.2 Å². The minimum absolute atomic E-state index is 0.104. The van der Waals surface area contributed by atoms with Crippen molar-refractivity contribution in [1.82, 2.24) is 10.3 Å². The molecule has 0 saturated carbocycles. The molecule has 21 heavy (non-hydrogen) atoms. The summed E-state index contributed by atoms with van der Waals surface area (Å²) in [7, 11) is 0. The van der Waals surface area contributed by atoms with Crippen molar-refractivity contribution in [2.24, 2.45) is 0 Å². The van der Waals surface area contributed by atoms with Crippen LogP contribution in [0.1, 0.15) is 36.2 Å². The van der Waals surface area contributed by atoms with Crippen LogP contribution < -0.4 is 5.32 Å². The van der Waals surface area contributed by atoms with Gasteiger partial charge < -0.3 is 5.32 Å². The number of aryl methyl sites for hydroxylation is 1. The topological polar surface area (TPSA) is 24.9 Å². The number of nitrogens with zero attached hydrogens (tertiary/aromatic N) is 1. The molecule has 0 spiro atoms. The quantitative estimate of drug-likeness (QED) is 0.782. The van der Waals surface area contributed by atoms with Gasteiger partial charge in [0.25, 0.3) is 0 Å². The maximum absolute atomic E-state index is 6.30. The number of hydrogen-bond donors (Lipinski definition) is 1. The van der Waals surface area contributed by atoms with Crippen LogP contribution in [-0.4, -0.2) is 11.5 Å². The lowest BCUT2D eigenvalue weighted by Gasteiger charge is -2.20. The fourth-order valence-electron chi connectivity index (χ4n) is 2.09. The van der Waals surface area contributed by atoms with E-state index in [1.807, 2.05) is 25.1 Å². The van der Waals surface area contributed by atoms with Gasteiger partial charge in [0.1, 0.15) is 0 Å². The number of rotatable bonds is 5. The van der Waals surface area contributed by atoms with Gasteiger partial charge in [-0.2, -0.15) is 0 Å². The summed E-state index contributed by atoms with van der Waals surface area (Å²) in [6.45, 7) is 4.95. The molecule has 0 aliphatic heterocycles. The Morgan fingerprint density at radius 2 is 1.90 bits per heavy atom. The fourth-order valence-corrected chi connectivity index (χ4v) is 2.77. The average Bonchev–Trinajstić information content (AvgIpc) is 2.44. The minimum atomic E-state index is -0.104. The molecule has 1 aromatic carbocycles. The molecule has 0 amide bonds. The van der Waals surface area contributed by atoms with Crippen LogP contribution >= 0.6 is 34.8 Å². The zero-order valence-electron chi connectivity index (χ0n) is 12.0. The number of pyridine rings is 1. The van der Waals surface area contributed by atoms with E-state index < -0.39 is 0 Å². The minimum Gasteiger partial charge on any atom is -0.305 e. The molecule has 5 heteroatoms. The van der Waals surface area contributed by atoms with Crippen molar-refractivity contribution in [3.05, 3.63) is 62.4 Å². The molecule has 0 aliphatic carbocycles. The van der Waals surface area contributed by atoms with E-state index in [1.165, 1.54) is 0 Å². The fraction of sp³-hybridized carbons (Fsp3) is 0.312. The highest BCUT2D eigenvalue weighted by Crippen LogP contribution is 2.30. The van der Waals surface area contributed by atoms with Crippen LogP contribution in [0.3, 0.4) is 0 Å². The molecule has 1 atom stereocenters. The van der Waals surface area contributed by atoms with Crippen LogP contribution in [0.25, 0.3) is 0 Å². The molecular weight excluding hydrogens is 327 g/mol. The summed E-state index contributed by atoms with van der Waals surface area (Å²) >= 11 is 18.5. The Bertz CT molecular complexity index is 629. The molecule has 0 aliphatic rings. The largest absolute Gasteiger partial charge is 0.305 e. The molecule has 2 nitrogen and oxygen atoms in total. The van der Waals surface area contributed by atoms with Crippen LogP contribution in [0.2, 0.25) is 15.1 Å². The van der Waals surface area contributed by atoms with Gasteiger partial charge in [-0.3, -0.25) is 4.98 Å². The molecule has 112 valence electrons. The maximum Gasteiger partial charge on any atom is 0.0805 e. The predicted octanol–water partition coefficient (Wildman–Crippen LogP) is 5.44. The molecule has 1 N–H and O–H groups in total. The Morgan fingerprint density at radius 3 is 2.52 bits per heavy atom. The lowest BCUT2D eigenvalue weighted by molar-refractivity contribution is 0.586. The van der Waals surface area contributed by atoms with Gasteiger partial charge in [-0.05, 0) is 43.1 Å². The molecule has 2 rings (SSSR count). The second-order valence-electron chi connectivity index (χ2n) is 4.92. The molecule has 0 radical (unpaired) electrons. The Kier molecular flexibility index (Phi) is 5.88. The van der Waals surface area contributed by atoms with E-state index in [2.05, 4.69) is 17.2 Å². The Morgan fingerprint density at radius 1 is 1.14 bits per heavy atom. The van der Waals surface area contributed by atoms with Crippen molar-refractivity contribution >= 4 is 34.8 Å². The van der Waals surface area contributed by atoms with Gasteiger partial charge in [0.2, 0.25) is 0 Å².